The van der Waals surface area contributed by atoms with E-state index in [-0.39, 0.29) is 18.0 Å². The van der Waals surface area contributed by atoms with Gasteiger partial charge in [0.1, 0.15) is 11.4 Å². The number of benzene rings is 2. The highest BCUT2D eigenvalue weighted by atomic mass is 19.1. The summed E-state index contributed by atoms with van der Waals surface area (Å²) in [7, 11) is 0. The molecule has 5 heteroatoms. The number of Topliss-reactive ketones (excluding diaryl/α,β-unsaturated/α-hetero) is 1. The zero-order valence-corrected chi connectivity index (χ0v) is 14.6. The van der Waals surface area contributed by atoms with E-state index in [4.69, 9.17) is 4.74 Å². The van der Waals surface area contributed by atoms with E-state index in [9.17, 15) is 14.0 Å². The Morgan fingerprint density at radius 1 is 0.960 bits per heavy atom. The molecule has 0 aliphatic heterocycles. The van der Waals surface area contributed by atoms with Gasteiger partial charge in [0.25, 0.3) is 0 Å². The second-order valence-corrected chi connectivity index (χ2v) is 6.78. The Morgan fingerprint density at radius 2 is 1.52 bits per heavy atom. The van der Waals surface area contributed by atoms with Gasteiger partial charge in [-0.15, -0.1) is 0 Å². The lowest BCUT2D eigenvalue weighted by Crippen LogP contribution is -2.32. The third-order valence-corrected chi connectivity index (χ3v) is 3.39. The van der Waals surface area contributed by atoms with Crippen LogP contribution >= 0.6 is 0 Å². The van der Waals surface area contributed by atoms with Crippen molar-refractivity contribution in [3.63, 3.8) is 0 Å². The van der Waals surface area contributed by atoms with Crippen molar-refractivity contribution in [2.24, 2.45) is 0 Å². The van der Waals surface area contributed by atoms with Crippen LogP contribution in [0.25, 0.3) is 0 Å². The minimum absolute atomic E-state index is 0.0433. The summed E-state index contributed by atoms with van der Waals surface area (Å²) < 4.78 is 18.1. The van der Waals surface area contributed by atoms with E-state index in [1.54, 1.807) is 57.2 Å². The van der Waals surface area contributed by atoms with Gasteiger partial charge in [0, 0.05) is 18.5 Å². The molecule has 0 aromatic heterocycles. The van der Waals surface area contributed by atoms with Crippen molar-refractivity contribution in [3.05, 3.63) is 71.0 Å². The van der Waals surface area contributed by atoms with Crippen molar-refractivity contribution in [1.29, 1.82) is 0 Å². The summed E-state index contributed by atoms with van der Waals surface area (Å²) >= 11 is 0. The first-order valence-electron chi connectivity index (χ1n) is 8.06. The van der Waals surface area contributed by atoms with E-state index in [0.29, 0.717) is 12.1 Å². The number of ether oxygens (including phenoxy) is 1. The summed E-state index contributed by atoms with van der Waals surface area (Å²) in [6.45, 7) is 5.72. The molecule has 0 saturated carbocycles. The van der Waals surface area contributed by atoms with Crippen LogP contribution in [0.15, 0.2) is 48.5 Å². The van der Waals surface area contributed by atoms with Crippen LogP contribution in [0.4, 0.5) is 9.18 Å². The number of ketones is 1. The number of rotatable bonds is 5. The average Bonchev–Trinajstić information content (AvgIpc) is 2.54. The van der Waals surface area contributed by atoms with Crippen molar-refractivity contribution in [2.75, 3.05) is 0 Å². The number of halogens is 1. The Labute approximate surface area is 147 Å². The molecule has 2 aromatic carbocycles. The SMILES string of the molecule is CC(C)(C)OC(=O)NCc1ccc(C(=O)Cc2ccc(F)cc2)cc1. The third kappa shape index (κ3) is 6.37. The number of amides is 1. The highest BCUT2D eigenvalue weighted by Gasteiger charge is 2.15. The van der Waals surface area contributed by atoms with E-state index in [1.807, 2.05) is 0 Å². The van der Waals surface area contributed by atoms with Crippen LogP contribution in [0.2, 0.25) is 0 Å². The van der Waals surface area contributed by atoms with E-state index in [1.165, 1.54) is 12.1 Å². The molecule has 2 rings (SSSR count). The van der Waals surface area contributed by atoms with Crippen LogP contribution in [0.3, 0.4) is 0 Å². The zero-order valence-electron chi connectivity index (χ0n) is 14.6. The van der Waals surface area contributed by atoms with Crippen LogP contribution < -0.4 is 5.32 Å². The maximum Gasteiger partial charge on any atom is 0.407 e. The molecule has 0 fully saturated rings. The molecule has 0 unspecified atom stereocenters. The molecule has 0 spiro atoms. The number of hydrogen-bond donors (Lipinski definition) is 1. The summed E-state index contributed by atoms with van der Waals surface area (Å²) in [5, 5.41) is 2.67. The lowest BCUT2D eigenvalue weighted by molar-refractivity contribution is 0.0523. The molecule has 1 N–H and O–H groups in total. The third-order valence-electron chi connectivity index (χ3n) is 3.39. The van der Waals surface area contributed by atoms with Gasteiger partial charge in [-0.2, -0.15) is 0 Å². The smallest absolute Gasteiger partial charge is 0.407 e. The average molecular weight is 343 g/mol. The fraction of sp³-hybridized carbons (Fsp3) is 0.300. The van der Waals surface area contributed by atoms with Gasteiger partial charge in [-0.25, -0.2) is 9.18 Å². The second-order valence-electron chi connectivity index (χ2n) is 6.78. The minimum Gasteiger partial charge on any atom is -0.444 e. The van der Waals surface area contributed by atoms with Crippen LogP contribution in [-0.2, 0) is 17.7 Å². The van der Waals surface area contributed by atoms with Gasteiger partial charge < -0.3 is 10.1 Å². The van der Waals surface area contributed by atoms with Gasteiger partial charge in [-0.3, -0.25) is 4.79 Å². The number of carbonyl (C=O) groups excluding carboxylic acids is 2. The first kappa shape index (κ1) is 18.6. The molecule has 132 valence electrons. The number of carbonyl (C=O) groups is 2. The number of hydrogen-bond acceptors (Lipinski definition) is 3. The Bertz CT molecular complexity index is 731. The lowest BCUT2D eigenvalue weighted by Gasteiger charge is -2.19. The summed E-state index contributed by atoms with van der Waals surface area (Å²) in [5.74, 6) is -0.365. The molecular weight excluding hydrogens is 321 g/mol. The molecule has 0 saturated heterocycles. The highest BCUT2D eigenvalue weighted by molar-refractivity contribution is 5.97. The molecule has 0 bridgehead atoms. The second kappa shape index (κ2) is 7.92. The number of alkyl carbamates (subject to hydrolysis) is 1. The molecule has 4 nitrogen and oxygen atoms in total. The monoisotopic (exact) mass is 343 g/mol. The summed E-state index contributed by atoms with van der Waals surface area (Å²) in [4.78, 5) is 23.9. The van der Waals surface area contributed by atoms with Gasteiger partial charge in [0.15, 0.2) is 5.78 Å². The van der Waals surface area contributed by atoms with Crippen molar-refractivity contribution >= 4 is 11.9 Å². The van der Waals surface area contributed by atoms with Crippen molar-refractivity contribution in [1.82, 2.24) is 5.32 Å². The minimum atomic E-state index is -0.541. The van der Waals surface area contributed by atoms with Crippen LogP contribution in [-0.4, -0.2) is 17.5 Å². The summed E-state index contributed by atoms with van der Waals surface area (Å²) in [5.41, 5.74) is 1.66. The maximum atomic E-state index is 12.9. The molecule has 25 heavy (non-hydrogen) atoms. The van der Waals surface area contributed by atoms with E-state index < -0.39 is 11.7 Å². The highest BCUT2D eigenvalue weighted by Crippen LogP contribution is 2.11. The molecule has 0 radical (unpaired) electrons. The predicted octanol–water partition coefficient (Wildman–Crippen LogP) is 4.28. The van der Waals surface area contributed by atoms with Gasteiger partial charge in [-0.05, 0) is 44.0 Å². The normalized spacial score (nSPS) is 11.0. The van der Waals surface area contributed by atoms with E-state index >= 15 is 0 Å². The predicted molar refractivity (Wildman–Crippen MR) is 94.0 cm³/mol. The van der Waals surface area contributed by atoms with Crippen LogP contribution in [0.1, 0.15) is 42.3 Å². The van der Waals surface area contributed by atoms with Gasteiger partial charge in [0.2, 0.25) is 0 Å². The van der Waals surface area contributed by atoms with Crippen LogP contribution in [0.5, 0.6) is 0 Å². The fourth-order valence-electron chi connectivity index (χ4n) is 2.19. The topological polar surface area (TPSA) is 55.4 Å². The standard InChI is InChI=1S/C20H22FNO3/c1-20(2,3)25-19(24)22-13-15-4-8-16(9-5-15)18(23)12-14-6-10-17(21)11-7-14/h4-11H,12-13H2,1-3H3,(H,22,24). The van der Waals surface area contributed by atoms with Crippen molar-refractivity contribution < 1.29 is 18.7 Å². The largest absolute Gasteiger partial charge is 0.444 e. The van der Waals surface area contributed by atoms with Crippen molar-refractivity contribution in [3.8, 4) is 0 Å². The van der Waals surface area contributed by atoms with E-state index in [2.05, 4.69) is 5.32 Å². The first-order valence-corrected chi connectivity index (χ1v) is 8.06. The molecule has 0 atom stereocenters. The van der Waals surface area contributed by atoms with Crippen molar-refractivity contribution in [2.45, 2.75) is 39.3 Å². The van der Waals surface area contributed by atoms with E-state index in [0.717, 1.165) is 11.1 Å². The summed E-state index contributed by atoms with van der Waals surface area (Å²) in [6.07, 6.45) is -0.264. The number of nitrogens with one attached hydrogen (secondary N) is 1. The van der Waals surface area contributed by atoms with Crippen LogP contribution in [0, 0.1) is 5.82 Å². The Hall–Kier alpha value is -2.69. The first-order chi connectivity index (χ1) is 11.7. The molecular formula is C20H22FNO3. The molecule has 0 heterocycles. The quantitative estimate of drug-likeness (QED) is 0.825. The molecule has 2 aromatic rings. The molecule has 0 aliphatic rings. The maximum absolute atomic E-state index is 12.9. The Balaban J connectivity index is 1.89. The molecule has 0 aliphatic carbocycles. The zero-order chi connectivity index (χ0) is 18.4. The fourth-order valence-corrected chi connectivity index (χ4v) is 2.19. The van der Waals surface area contributed by atoms with Gasteiger partial charge >= 0.3 is 6.09 Å². The van der Waals surface area contributed by atoms with Gasteiger partial charge in [0.05, 0.1) is 0 Å². The summed E-state index contributed by atoms with van der Waals surface area (Å²) in [6, 6.07) is 12.9. The van der Waals surface area contributed by atoms with Gasteiger partial charge in [-0.1, -0.05) is 36.4 Å². The Kier molecular flexibility index (Phi) is 5.91. The Morgan fingerprint density at radius 3 is 2.08 bits per heavy atom. The molecule has 1 amide bonds. The lowest BCUT2D eigenvalue weighted by atomic mass is 10.0.